The fraction of sp³-hybridized carbons (Fsp3) is 1.00. The average Bonchev–Trinajstić information content (AvgIpc) is 2.23. The first-order valence-corrected chi connectivity index (χ1v) is 8.31. The molecule has 0 radical (unpaired) electrons. The van der Waals surface area contributed by atoms with Crippen LogP contribution in [0.15, 0.2) is 0 Å². The van der Waals surface area contributed by atoms with Gasteiger partial charge in [-0.25, -0.2) is 0 Å². The van der Waals surface area contributed by atoms with Crippen LogP contribution >= 0.6 is 0 Å². The summed E-state index contributed by atoms with van der Waals surface area (Å²) < 4.78 is 28.5. The van der Waals surface area contributed by atoms with Crippen LogP contribution in [0.4, 0.5) is 0 Å². The van der Waals surface area contributed by atoms with E-state index in [1.54, 1.807) is 0 Å². The Bertz CT molecular complexity index is 292. The molecule has 4 nitrogen and oxygen atoms in total. The maximum atomic E-state index is 12.1. The zero-order valence-electron chi connectivity index (χ0n) is 11.1. The average molecular weight is 262 g/mol. The summed E-state index contributed by atoms with van der Waals surface area (Å²) in [5.41, 5.74) is 0. The highest BCUT2D eigenvalue weighted by Crippen LogP contribution is 2.18. The van der Waals surface area contributed by atoms with Crippen LogP contribution in [0.3, 0.4) is 0 Å². The van der Waals surface area contributed by atoms with E-state index in [1.807, 2.05) is 13.8 Å². The first kappa shape index (κ1) is 14.9. The highest BCUT2D eigenvalue weighted by molar-refractivity contribution is 7.87. The number of hydrogen-bond acceptors (Lipinski definition) is 2. The molecule has 1 rings (SSSR count). The molecule has 102 valence electrons. The third-order valence-electron chi connectivity index (χ3n) is 3.47. The van der Waals surface area contributed by atoms with Gasteiger partial charge in [0, 0.05) is 19.1 Å². The molecule has 0 unspecified atom stereocenters. The lowest BCUT2D eigenvalue weighted by atomic mass is 9.97. The summed E-state index contributed by atoms with van der Waals surface area (Å²) >= 11 is 0. The Morgan fingerprint density at radius 2 is 1.47 bits per heavy atom. The zero-order valence-corrected chi connectivity index (χ0v) is 11.9. The van der Waals surface area contributed by atoms with E-state index in [4.69, 9.17) is 0 Å². The Balaban J connectivity index is 2.55. The molecule has 5 heteroatoms. The van der Waals surface area contributed by atoms with E-state index in [2.05, 4.69) is 4.72 Å². The molecule has 0 atom stereocenters. The molecule has 0 amide bonds. The monoisotopic (exact) mass is 262 g/mol. The van der Waals surface area contributed by atoms with Gasteiger partial charge < -0.3 is 0 Å². The van der Waals surface area contributed by atoms with Crippen LogP contribution in [0, 0.1) is 0 Å². The zero-order chi connectivity index (χ0) is 12.7. The summed E-state index contributed by atoms with van der Waals surface area (Å²) in [5.74, 6) is 0. The Morgan fingerprint density at radius 3 is 1.94 bits per heavy atom. The minimum atomic E-state index is -3.27. The van der Waals surface area contributed by atoms with Gasteiger partial charge in [0.1, 0.15) is 0 Å². The summed E-state index contributed by atoms with van der Waals surface area (Å²) in [5, 5.41) is 0. The molecule has 0 aromatic carbocycles. The second kappa shape index (κ2) is 7.34. The third kappa shape index (κ3) is 4.94. The van der Waals surface area contributed by atoms with Crippen molar-refractivity contribution < 1.29 is 8.42 Å². The predicted octanol–water partition coefficient (Wildman–Crippen LogP) is 2.28. The van der Waals surface area contributed by atoms with Gasteiger partial charge in [0.25, 0.3) is 10.2 Å². The van der Waals surface area contributed by atoms with Crippen LogP contribution < -0.4 is 4.72 Å². The van der Waals surface area contributed by atoms with E-state index in [-0.39, 0.29) is 6.04 Å². The van der Waals surface area contributed by atoms with E-state index in [0.717, 1.165) is 25.7 Å². The van der Waals surface area contributed by atoms with E-state index >= 15 is 0 Å². The van der Waals surface area contributed by atoms with Gasteiger partial charge >= 0.3 is 0 Å². The van der Waals surface area contributed by atoms with Gasteiger partial charge in [-0.1, -0.05) is 46.0 Å². The van der Waals surface area contributed by atoms with Crippen molar-refractivity contribution in [1.29, 1.82) is 0 Å². The number of hydrogen-bond donors (Lipinski definition) is 1. The Hall–Kier alpha value is -0.130. The lowest BCUT2D eigenvalue weighted by molar-refractivity contribution is 0.393. The lowest BCUT2D eigenvalue weighted by Gasteiger charge is -2.25. The van der Waals surface area contributed by atoms with E-state index < -0.39 is 10.2 Å². The molecule has 1 N–H and O–H groups in total. The van der Waals surface area contributed by atoms with Gasteiger partial charge in [0.05, 0.1) is 0 Å². The molecule has 0 heterocycles. The minimum Gasteiger partial charge on any atom is -0.199 e. The van der Waals surface area contributed by atoms with Gasteiger partial charge in [0.2, 0.25) is 0 Å². The Labute approximate surface area is 106 Å². The lowest BCUT2D eigenvalue weighted by Crippen LogP contribution is -2.45. The molecule has 1 aliphatic carbocycles. The summed E-state index contributed by atoms with van der Waals surface area (Å²) in [7, 11) is -3.27. The normalized spacial score (nSPS) is 20.2. The highest BCUT2D eigenvalue weighted by atomic mass is 32.2. The summed E-state index contributed by atoms with van der Waals surface area (Å²) in [4.78, 5) is 0. The first-order valence-electron chi connectivity index (χ1n) is 6.87. The summed E-state index contributed by atoms with van der Waals surface area (Å²) in [6, 6.07) is 0.140. The van der Waals surface area contributed by atoms with Gasteiger partial charge in [-0.2, -0.15) is 17.4 Å². The maximum absolute atomic E-state index is 12.1. The van der Waals surface area contributed by atoms with Crippen molar-refractivity contribution in [1.82, 2.24) is 9.03 Å². The molecular weight excluding hydrogens is 236 g/mol. The second-order valence-electron chi connectivity index (χ2n) is 4.75. The number of nitrogens with one attached hydrogen (secondary N) is 1. The van der Waals surface area contributed by atoms with Crippen molar-refractivity contribution in [3.05, 3.63) is 0 Å². The molecule has 0 bridgehead atoms. The minimum absolute atomic E-state index is 0.140. The second-order valence-corrected chi connectivity index (χ2v) is 6.45. The van der Waals surface area contributed by atoms with Crippen LogP contribution in [0.2, 0.25) is 0 Å². The van der Waals surface area contributed by atoms with Crippen molar-refractivity contribution in [2.45, 2.75) is 64.8 Å². The molecule has 0 saturated heterocycles. The molecule has 1 saturated carbocycles. The number of rotatable bonds is 5. The third-order valence-corrected chi connectivity index (χ3v) is 5.29. The molecule has 1 fully saturated rings. The Kier molecular flexibility index (Phi) is 6.44. The van der Waals surface area contributed by atoms with Crippen LogP contribution in [0.5, 0.6) is 0 Å². The van der Waals surface area contributed by atoms with Gasteiger partial charge in [-0.3, -0.25) is 0 Å². The molecule has 0 aliphatic heterocycles. The Morgan fingerprint density at radius 1 is 1.00 bits per heavy atom. The maximum Gasteiger partial charge on any atom is 0.279 e. The summed E-state index contributed by atoms with van der Waals surface area (Å²) in [6.45, 7) is 4.83. The van der Waals surface area contributed by atoms with Gasteiger partial charge in [0.15, 0.2) is 0 Å². The quantitative estimate of drug-likeness (QED) is 0.826. The van der Waals surface area contributed by atoms with Gasteiger partial charge in [-0.05, 0) is 12.8 Å². The number of nitrogens with zero attached hydrogens (tertiary/aromatic N) is 1. The van der Waals surface area contributed by atoms with Crippen LogP contribution in [0.25, 0.3) is 0 Å². The fourth-order valence-corrected chi connectivity index (χ4v) is 3.91. The first-order chi connectivity index (χ1) is 8.10. The highest BCUT2D eigenvalue weighted by Gasteiger charge is 2.23. The van der Waals surface area contributed by atoms with Crippen molar-refractivity contribution >= 4 is 10.2 Å². The van der Waals surface area contributed by atoms with Gasteiger partial charge in [-0.15, -0.1) is 0 Å². The standard InChI is InChI=1S/C12H26N2O2S/c1-3-14(4-2)17(15,16)13-12-10-8-6-5-7-9-11-12/h12-13H,3-11H2,1-2H3. The smallest absolute Gasteiger partial charge is 0.199 e. The van der Waals surface area contributed by atoms with Crippen molar-refractivity contribution in [2.75, 3.05) is 13.1 Å². The topological polar surface area (TPSA) is 49.4 Å². The fourth-order valence-electron chi connectivity index (χ4n) is 2.42. The van der Waals surface area contributed by atoms with Crippen LogP contribution in [-0.4, -0.2) is 31.9 Å². The van der Waals surface area contributed by atoms with E-state index in [9.17, 15) is 8.42 Å². The predicted molar refractivity (Wildman–Crippen MR) is 71.1 cm³/mol. The van der Waals surface area contributed by atoms with Crippen molar-refractivity contribution in [3.8, 4) is 0 Å². The molecule has 0 aromatic heterocycles. The largest absolute Gasteiger partial charge is 0.279 e. The molecule has 17 heavy (non-hydrogen) atoms. The van der Waals surface area contributed by atoms with E-state index in [1.165, 1.54) is 23.6 Å². The van der Waals surface area contributed by atoms with E-state index in [0.29, 0.717) is 13.1 Å². The molecular formula is C12H26N2O2S. The SMILES string of the molecule is CCN(CC)S(=O)(=O)NC1CCCCCCC1. The van der Waals surface area contributed by atoms with Crippen molar-refractivity contribution in [3.63, 3.8) is 0 Å². The molecule has 0 aromatic rings. The molecule has 1 aliphatic rings. The van der Waals surface area contributed by atoms with Crippen LogP contribution in [-0.2, 0) is 10.2 Å². The summed E-state index contributed by atoms with van der Waals surface area (Å²) in [6.07, 6.45) is 8.04. The molecule has 0 spiro atoms. The van der Waals surface area contributed by atoms with Crippen LogP contribution in [0.1, 0.15) is 58.8 Å². The van der Waals surface area contributed by atoms with Crippen molar-refractivity contribution in [2.24, 2.45) is 0 Å².